The molecule has 4 nitrogen and oxygen atoms in total. The van der Waals surface area contributed by atoms with Crippen molar-refractivity contribution >= 4 is 5.78 Å². The van der Waals surface area contributed by atoms with Crippen molar-refractivity contribution in [2.24, 2.45) is 0 Å². The molecule has 1 aliphatic carbocycles. The molecule has 2 rings (SSSR count). The molecule has 0 radical (unpaired) electrons. The summed E-state index contributed by atoms with van der Waals surface area (Å²) in [6.45, 7) is 3.23. The molecule has 0 spiro atoms. The Morgan fingerprint density at radius 1 is 1.27 bits per heavy atom. The van der Waals surface area contributed by atoms with Gasteiger partial charge in [-0.1, -0.05) is 0 Å². The highest BCUT2D eigenvalue weighted by atomic mass is 16.5. The van der Waals surface area contributed by atoms with Gasteiger partial charge < -0.3 is 14.4 Å². The van der Waals surface area contributed by atoms with Crippen LogP contribution in [0.5, 0.6) is 0 Å². The molecule has 1 saturated heterocycles. The van der Waals surface area contributed by atoms with Gasteiger partial charge in [-0.2, -0.15) is 0 Å². The van der Waals surface area contributed by atoms with E-state index >= 15 is 0 Å². The summed E-state index contributed by atoms with van der Waals surface area (Å²) in [5.41, 5.74) is 1.08. The lowest BCUT2D eigenvalue weighted by Gasteiger charge is -2.33. The Hall–Kier alpha value is -1.03. The van der Waals surface area contributed by atoms with E-state index in [1.165, 1.54) is 0 Å². The van der Waals surface area contributed by atoms with Gasteiger partial charge in [-0.3, -0.25) is 4.79 Å². The second-order valence-corrected chi connectivity index (χ2v) is 3.86. The lowest BCUT2D eigenvalue weighted by atomic mass is 10.00. The van der Waals surface area contributed by atoms with Crippen LogP contribution >= 0.6 is 0 Å². The minimum absolute atomic E-state index is 0.144. The average molecular weight is 211 g/mol. The maximum absolute atomic E-state index is 11.6. The third-order valence-corrected chi connectivity index (χ3v) is 2.93. The minimum Gasteiger partial charge on any atom is -0.491 e. The first-order chi connectivity index (χ1) is 7.33. The molecule has 0 atom stereocenters. The van der Waals surface area contributed by atoms with Gasteiger partial charge in [0.25, 0.3) is 0 Å². The number of carbonyl (C=O) groups is 1. The number of hydrogen-bond donors (Lipinski definition) is 0. The molecule has 0 aromatic rings. The van der Waals surface area contributed by atoms with E-state index in [2.05, 4.69) is 4.90 Å². The fourth-order valence-electron chi connectivity index (χ4n) is 2.17. The van der Waals surface area contributed by atoms with Crippen LogP contribution in [-0.4, -0.2) is 44.1 Å². The number of ether oxygens (including phenoxy) is 2. The molecule has 0 aromatic carbocycles. The van der Waals surface area contributed by atoms with Crippen LogP contribution in [0.2, 0.25) is 0 Å². The molecule has 15 heavy (non-hydrogen) atoms. The summed E-state index contributed by atoms with van der Waals surface area (Å²) in [7, 11) is 1.58. The van der Waals surface area contributed by atoms with Gasteiger partial charge in [0.1, 0.15) is 0 Å². The van der Waals surface area contributed by atoms with Gasteiger partial charge in [-0.15, -0.1) is 0 Å². The number of nitrogens with zero attached hydrogens (tertiary/aromatic N) is 1. The van der Waals surface area contributed by atoms with Crippen molar-refractivity contribution in [3.05, 3.63) is 11.5 Å². The third-order valence-electron chi connectivity index (χ3n) is 2.93. The van der Waals surface area contributed by atoms with Crippen molar-refractivity contribution < 1.29 is 14.3 Å². The van der Waals surface area contributed by atoms with Crippen molar-refractivity contribution in [2.75, 3.05) is 33.4 Å². The highest BCUT2D eigenvalue weighted by Gasteiger charge is 2.26. The van der Waals surface area contributed by atoms with Crippen molar-refractivity contribution in [1.29, 1.82) is 0 Å². The minimum atomic E-state index is 0.144. The Morgan fingerprint density at radius 2 is 2.00 bits per heavy atom. The molecular weight excluding hydrogens is 194 g/mol. The molecule has 0 N–H and O–H groups in total. The molecule has 1 fully saturated rings. The Labute approximate surface area is 89.8 Å². The first-order valence-corrected chi connectivity index (χ1v) is 5.46. The van der Waals surface area contributed by atoms with E-state index in [0.717, 1.165) is 44.8 Å². The van der Waals surface area contributed by atoms with Crippen molar-refractivity contribution in [1.82, 2.24) is 4.90 Å². The normalized spacial score (nSPS) is 23.3. The molecule has 0 bridgehead atoms. The van der Waals surface area contributed by atoms with Gasteiger partial charge in [0.05, 0.1) is 26.0 Å². The Bertz CT molecular complexity index is 280. The Kier molecular flexibility index (Phi) is 3.26. The highest BCUT2D eigenvalue weighted by Crippen LogP contribution is 2.25. The summed E-state index contributed by atoms with van der Waals surface area (Å²) in [4.78, 5) is 13.9. The number of Topliss-reactive ketones (excluding diaryl/α,β-unsaturated/α-hetero) is 1. The predicted octanol–water partition coefficient (Wildman–Crippen LogP) is 0.930. The van der Waals surface area contributed by atoms with E-state index in [0.29, 0.717) is 12.2 Å². The van der Waals surface area contributed by atoms with Crippen LogP contribution in [0.1, 0.15) is 19.3 Å². The monoisotopic (exact) mass is 211 g/mol. The number of methoxy groups -OCH3 is 1. The van der Waals surface area contributed by atoms with E-state index in [9.17, 15) is 4.79 Å². The first kappa shape index (κ1) is 10.5. The lowest BCUT2D eigenvalue weighted by molar-refractivity contribution is -0.119. The maximum Gasteiger partial charge on any atom is 0.199 e. The number of hydrogen-bond acceptors (Lipinski definition) is 4. The molecule has 0 saturated carbocycles. The Balaban J connectivity index is 2.18. The number of carbonyl (C=O) groups excluding carboxylic acids is 1. The zero-order valence-corrected chi connectivity index (χ0v) is 9.12. The third kappa shape index (κ3) is 2.15. The Morgan fingerprint density at radius 3 is 2.67 bits per heavy atom. The molecule has 0 aromatic heterocycles. The predicted molar refractivity (Wildman–Crippen MR) is 55.3 cm³/mol. The summed E-state index contributed by atoms with van der Waals surface area (Å²) in [6, 6.07) is 0. The molecule has 1 heterocycles. The first-order valence-electron chi connectivity index (χ1n) is 5.46. The van der Waals surface area contributed by atoms with Gasteiger partial charge in [0.2, 0.25) is 0 Å². The van der Waals surface area contributed by atoms with Crippen molar-refractivity contribution in [3.63, 3.8) is 0 Å². The van der Waals surface area contributed by atoms with Crippen LogP contribution in [0.25, 0.3) is 0 Å². The summed E-state index contributed by atoms with van der Waals surface area (Å²) in [6.07, 6.45) is 2.52. The van der Waals surface area contributed by atoms with Gasteiger partial charge >= 0.3 is 0 Å². The standard InChI is InChI=1S/C11H17NO3/c1-14-11-9(3-2-4-10(11)13)12-5-7-15-8-6-12/h2-8H2,1H3. The molecule has 0 unspecified atom stereocenters. The van der Waals surface area contributed by atoms with E-state index in [1.54, 1.807) is 7.11 Å². The van der Waals surface area contributed by atoms with Crippen molar-refractivity contribution in [3.8, 4) is 0 Å². The molecule has 2 aliphatic rings. The van der Waals surface area contributed by atoms with Crippen molar-refractivity contribution in [2.45, 2.75) is 19.3 Å². The summed E-state index contributed by atoms with van der Waals surface area (Å²) in [5.74, 6) is 0.716. The van der Waals surface area contributed by atoms with Crippen LogP contribution in [0.3, 0.4) is 0 Å². The van der Waals surface area contributed by atoms with E-state index < -0.39 is 0 Å². The van der Waals surface area contributed by atoms with Crippen LogP contribution in [0.4, 0.5) is 0 Å². The average Bonchev–Trinajstić information content (AvgIpc) is 2.30. The van der Waals surface area contributed by atoms with Crippen LogP contribution in [0.15, 0.2) is 11.5 Å². The number of rotatable bonds is 2. The smallest absolute Gasteiger partial charge is 0.199 e. The molecule has 84 valence electrons. The zero-order valence-electron chi connectivity index (χ0n) is 9.12. The molecule has 1 aliphatic heterocycles. The summed E-state index contributed by atoms with van der Waals surface area (Å²) in [5, 5.41) is 0. The van der Waals surface area contributed by atoms with Gasteiger partial charge in [0, 0.05) is 19.5 Å². The molecule has 4 heteroatoms. The van der Waals surface area contributed by atoms with E-state index in [4.69, 9.17) is 9.47 Å². The SMILES string of the molecule is COC1=C(N2CCOCC2)CCCC1=O. The fourth-order valence-corrected chi connectivity index (χ4v) is 2.17. The quantitative estimate of drug-likeness (QED) is 0.681. The van der Waals surface area contributed by atoms with Crippen LogP contribution in [-0.2, 0) is 14.3 Å². The van der Waals surface area contributed by atoms with Gasteiger partial charge in [-0.05, 0) is 12.8 Å². The van der Waals surface area contributed by atoms with Gasteiger partial charge in [-0.25, -0.2) is 0 Å². The maximum atomic E-state index is 11.6. The zero-order chi connectivity index (χ0) is 10.7. The number of morpholine rings is 1. The van der Waals surface area contributed by atoms with Gasteiger partial charge in [0.15, 0.2) is 11.5 Å². The second-order valence-electron chi connectivity index (χ2n) is 3.86. The summed E-state index contributed by atoms with van der Waals surface area (Å²) < 4.78 is 10.5. The molecular formula is C11H17NO3. The van der Waals surface area contributed by atoms with Crippen LogP contribution < -0.4 is 0 Å². The largest absolute Gasteiger partial charge is 0.491 e. The summed E-state index contributed by atoms with van der Waals surface area (Å²) >= 11 is 0. The number of ketones is 1. The molecule has 0 amide bonds. The topological polar surface area (TPSA) is 38.8 Å². The fraction of sp³-hybridized carbons (Fsp3) is 0.727. The van der Waals surface area contributed by atoms with Crippen LogP contribution in [0, 0.1) is 0 Å². The number of allylic oxidation sites excluding steroid dienone is 2. The van der Waals surface area contributed by atoms with E-state index in [1.807, 2.05) is 0 Å². The second kappa shape index (κ2) is 4.66. The highest BCUT2D eigenvalue weighted by molar-refractivity contribution is 5.94. The lowest BCUT2D eigenvalue weighted by Crippen LogP contribution is -2.38. The van der Waals surface area contributed by atoms with E-state index in [-0.39, 0.29) is 5.78 Å².